The number of carbonyl (C=O) groups excluding carboxylic acids is 1. The van der Waals surface area contributed by atoms with Crippen LogP contribution in [0.15, 0.2) is 47.8 Å². The second-order valence-electron chi connectivity index (χ2n) is 5.58. The van der Waals surface area contributed by atoms with Crippen molar-refractivity contribution < 1.29 is 19.0 Å². The van der Waals surface area contributed by atoms with Gasteiger partial charge >= 0.3 is 0 Å². The number of aromatic nitrogens is 1. The highest BCUT2D eigenvalue weighted by Gasteiger charge is 2.15. The fourth-order valence-electron chi connectivity index (χ4n) is 2.48. The van der Waals surface area contributed by atoms with Gasteiger partial charge in [0.05, 0.1) is 17.3 Å². The normalized spacial score (nSPS) is 11.7. The van der Waals surface area contributed by atoms with E-state index in [1.165, 1.54) is 11.3 Å². The van der Waals surface area contributed by atoms with Crippen molar-refractivity contribution in [2.24, 2.45) is 0 Å². The molecule has 1 aliphatic rings. The molecule has 1 aromatic heterocycles. The highest BCUT2D eigenvalue weighted by molar-refractivity contribution is 7.14. The van der Waals surface area contributed by atoms with Gasteiger partial charge in [0.2, 0.25) is 6.79 Å². The molecule has 0 radical (unpaired) electrons. The summed E-state index contributed by atoms with van der Waals surface area (Å²) in [6.07, 6.45) is 0. The Morgan fingerprint density at radius 3 is 3.04 bits per heavy atom. The van der Waals surface area contributed by atoms with Crippen LogP contribution in [0, 0.1) is 11.3 Å². The van der Waals surface area contributed by atoms with Crippen LogP contribution in [0.25, 0.3) is 11.3 Å². The molecule has 2 heterocycles. The van der Waals surface area contributed by atoms with Gasteiger partial charge in [-0.25, -0.2) is 4.98 Å². The van der Waals surface area contributed by atoms with Gasteiger partial charge in [0.1, 0.15) is 5.75 Å². The molecule has 0 spiro atoms. The first kappa shape index (κ1) is 16.9. The van der Waals surface area contributed by atoms with Crippen LogP contribution in [-0.4, -0.2) is 24.3 Å². The van der Waals surface area contributed by atoms with Gasteiger partial charge < -0.3 is 14.2 Å². The maximum atomic E-state index is 12.1. The lowest BCUT2D eigenvalue weighted by molar-refractivity contribution is -0.118. The van der Waals surface area contributed by atoms with Crippen molar-refractivity contribution in [3.63, 3.8) is 0 Å². The predicted molar refractivity (Wildman–Crippen MR) is 99.0 cm³/mol. The van der Waals surface area contributed by atoms with E-state index in [9.17, 15) is 4.79 Å². The lowest BCUT2D eigenvalue weighted by Crippen LogP contribution is -2.20. The fourth-order valence-corrected chi connectivity index (χ4v) is 3.22. The number of fused-ring (bicyclic) bond motifs is 1. The lowest BCUT2D eigenvalue weighted by atomic mass is 10.1. The van der Waals surface area contributed by atoms with Gasteiger partial charge in [0.15, 0.2) is 23.2 Å². The average molecular weight is 379 g/mol. The first-order valence-electron chi connectivity index (χ1n) is 7.99. The Bertz CT molecular complexity index is 1040. The summed E-state index contributed by atoms with van der Waals surface area (Å²) in [6.45, 7) is 0.0439. The topological polar surface area (TPSA) is 93.5 Å². The molecule has 0 unspecified atom stereocenters. The summed E-state index contributed by atoms with van der Waals surface area (Å²) in [5, 5.41) is 13.9. The lowest BCUT2D eigenvalue weighted by Gasteiger charge is -2.05. The summed E-state index contributed by atoms with van der Waals surface area (Å²) < 4.78 is 16.1. The van der Waals surface area contributed by atoms with Gasteiger partial charge in [-0.15, -0.1) is 11.3 Å². The Kier molecular flexibility index (Phi) is 4.60. The Balaban J connectivity index is 1.37. The molecule has 27 heavy (non-hydrogen) atoms. The van der Waals surface area contributed by atoms with E-state index in [1.807, 2.05) is 29.6 Å². The van der Waals surface area contributed by atoms with Crippen molar-refractivity contribution in [2.45, 2.75) is 0 Å². The van der Waals surface area contributed by atoms with Crippen LogP contribution in [-0.2, 0) is 4.79 Å². The largest absolute Gasteiger partial charge is 0.484 e. The van der Waals surface area contributed by atoms with Gasteiger partial charge in [-0.3, -0.25) is 10.1 Å². The summed E-state index contributed by atoms with van der Waals surface area (Å²) >= 11 is 1.32. The minimum Gasteiger partial charge on any atom is -0.484 e. The maximum absolute atomic E-state index is 12.1. The third kappa shape index (κ3) is 3.83. The number of nitriles is 1. The second-order valence-corrected chi connectivity index (χ2v) is 6.44. The van der Waals surface area contributed by atoms with E-state index in [2.05, 4.69) is 10.3 Å². The molecule has 8 heteroatoms. The van der Waals surface area contributed by atoms with Crippen LogP contribution in [0.3, 0.4) is 0 Å². The highest BCUT2D eigenvalue weighted by atomic mass is 32.1. The standard InChI is InChI=1S/C19H13N3O4S/c20-8-12-2-1-3-14(6-12)24-9-18(23)22-19-21-15(10-27-19)13-4-5-16-17(7-13)26-11-25-16/h1-7,10H,9,11H2,(H,21,22,23). The van der Waals surface area contributed by atoms with Crippen molar-refractivity contribution in [2.75, 3.05) is 18.7 Å². The van der Waals surface area contributed by atoms with Gasteiger partial charge in [-0.05, 0) is 36.4 Å². The van der Waals surface area contributed by atoms with Crippen molar-refractivity contribution in [3.8, 4) is 34.6 Å². The van der Waals surface area contributed by atoms with Gasteiger partial charge in [0.25, 0.3) is 5.91 Å². The van der Waals surface area contributed by atoms with E-state index in [4.69, 9.17) is 19.5 Å². The number of anilines is 1. The highest BCUT2D eigenvalue weighted by Crippen LogP contribution is 2.36. The van der Waals surface area contributed by atoms with E-state index in [1.54, 1.807) is 24.3 Å². The fraction of sp³-hybridized carbons (Fsp3) is 0.105. The number of thiazole rings is 1. The van der Waals surface area contributed by atoms with E-state index < -0.39 is 0 Å². The first-order valence-corrected chi connectivity index (χ1v) is 8.87. The molecule has 7 nitrogen and oxygen atoms in total. The molecule has 0 bridgehead atoms. The third-order valence-electron chi connectivity index (χ3n) is 3.75. The second kappa shape index (κ2) is 7.35. The molecule has 2 aromatic carbocycles. The monoisotopic (exact) mass is 379 g/mol. The van der Waals surface area contributed by atoms with Gasteiger partial charge in [-0.2, -0.15) is 5.26 Å². The molecule has 0 saturated carbocycles. The number of ether oxygens (including phenoxy) is 3. The summed E-state index contributed by atoms with van der Waals surface area (Å²) in [5.41, 5.74) is 2.08. The number of hydrogen-bond donors (Lipinski definition) is 1. The summed E-state index contributed by atoms with van der Waals surface area (Å²) in [4.78, 5) is 16.5. The number of amides is 1. The molecule has 134 valence electrons. The molecule has 0 fully saturated rings. The zero-order valence-electron chi connectivity index (χ0n) is 14.0. The SMILES string of the molecule is N#Cc1cccc(OCC(=O)Nc2nc(-c3ccc4c(c3)OCO4)cs2)c1. The smallest absolute Gasteiger partial charge is 0.264 e. The third-order valence-corrected chi connectivity index (χ3v) is 4.51. The van der Waals surface area contributed by atoms with Crippen molar-refractivity contribution in [1.82, 2.24) is 4.98 Å². The minimum atomic E-state index is -0.330. The Morgan fingerprint density at radius 1 is 1.26 bits per heavy atom. The van der Waals surface area contributed by atoms with Crippen molar-refractivity contribution in [3.05, 3.63) is 53.4 Å². The van der Waals surface area contributed by atoms with Gasteiger partial charge in [0, 0.05) is 10.9 Å². The molecule has 1 aliphatic heterocycles. The summed E-state index contributed by atoms with van der Waals surface area (Å²) in [5.74, 6) is 1.52. The molecular weight excluding hydrogens is 366 g/mol. The number of rotatable bonds is 5. The molecule has 1 amide bonds. The Hall–Kier alpha value is -3.57. The number of carbonyl (C=O) groups is 1. The summed E-state index contributed by atoms with van der Waals surface area (Å²) in [7, 11) is 0. The number of benzene rings is 2. The van der Waals surface area contributed by atoms with Crippen LogP contribution in [0.1, 0.15) is 5.56 Å². The number of nitrogens with zero attached hydrogens (tertiary/aromatic N) is 2. The Morgan fingerprint density at radius 2 is 2.15 bits per heavy atom. The number of nitrogens with one attached hydrogen (secondary N) is 1. The Labute approximate surface area is 158 Å². The molecular formula is C19H13N3O4S. The zero-order valence-corrected chi connectivity index (χ0v) is 14.8. The minimum absolute atomic E-state index is 0.173. The van der Waals surface area contributed by atoms with Crippen molar-refractivity contribution in [1.29, 1.82) is 5.26 Å². The van der Waals surface area contributed by atoms with E-state index in [-0.39, 0.29) is 19.3 Å². The summed E-state index contributed by atoms with van der Waals surface area (Å²) in [6, 6.07) is 14.2. The maximum Gasteiger partial charge on any atom is 0.264 e. The molecule has 0 aliphatic carbocycles. The average Bonchev–Trinajstić information content (AvgIpc) is 3.35. The van der Waals surface area contributed by atoms with Crippen LogP contribution >= 0.6 is 11.3 Å². The van der Waals surface area contributed by atoms with Gasteiger partial charge in [-0.1, -0.05) is 6.07 Å². The van der Waals surface area contributed by atoms with E-state index in [0.717, 1.165) is 11.3 Å². The predicted octanol–water partition coefficient (Wildman–Crippen LogP) is 3.43. The quantitative estimate of drug-likeness (QED) is 0.730. The van der Waals surface area contributed by atoms with Crippen LogP contribution in [0.2, 0.25) is 0 Å². The van der Waals surface area contributed by atoms with Crippen LogP contribution in [0.5, 0.6) is 17.2 Å². The molecule has 1 N–H and O–H groups in total. The molecule has 0 atom stereocenters. The molecule has 4 rings (SSSR count). The molecule has 0 saturated heterocycles. The number of hydrogen-bond acceptors (Lipinski definition) is 7. The van der Waals surface area contributed by atoms with Crippen LogP contribution in [0.4, 0.5) is 5.13 Å². The van der Waals surface area contributed by atoms with Crippen molar-refractivity contribution >= 4 is 22.4 Å². The first-order chi connectivity index (χ1) is 13.2. The molecule has 3 aromatic rings. The zero-order chi connectivity index (χ0) is 18.6. The van der Waals surface area contributed by atoms with Crippen LogP contribution < -0.4 is 19.5 Å². The van der Waals surface area contributed by atoms with E-state index >= 15 is 0 Å². The van der Waals surface area contributed by atoms with E-state index in [0.29, 0.717) is 27.9 Å².